The molecule has 0 bridgehead atoms. The van der Waals surface area contributed by atoms with E-state index in [9.17, 15) is 19.4 Å². The Morgan fingerprint density at radius 3 is 2.79 bits per heavy atom. The maximum atomic E-state index is 13.3. The number of hydrogen-bond donors (Lipinski definition) is 4. The van der Waals surface area contributed by atoms with Crippen molar-refractivity contribution in [3.63, 3.8) is 0 Å². The first-order valence-corrected chi connectivity index (χ1v) is 14.5. The number of pyridine rings is 1. The summed E-state index contributed by atoms with van der Waals surface area (Å²) in [5.74, 6) is -0.717. The maximum absolute atomic E-state index is 13.3. The van der Waals surface area contributed by atoms with Gasteiger partial charge in [-0.1, -0.05) is 26.3 Å². The Morgan fingerprint density at radius 1 is 1.38 bits per heavy atom. The standard InChI is InChI=1S/C30H38FN3O4S/c1-4-24(36)38-30(25(37)39)10-8-21-27(30,3)13-22(35)29-16-28(21,29)9-7-18-11-20(17(14-32)12-26(18,29)2)34-19-5-6-23(31)33-15-19/h5-6,11,14-15,21-22,25,35,37,39H,4,7-10,12-13,16,32H2,1-3H3/t21?,22-,25?,26-,27-,28?,29?,30-/m0/s1. The Morgan fingerprint density at radius 2 is 2.15 bits per heavy atom. The molecular formula is C30H38FN3O4S. The van der Waals surface area contributed by atoms with E-state index in [1.165, 1.54) is 17.8 Å². The van der Waals surface area contributed by atoms with Crippen LogP contribution in [0.5, 0.6) is 0 Å². The fourth-order valence-corrected chi connectivity index (χ4v) is 10.3. The molecule has 7 nitrogen and oxygen atoms in total. The van der Waals surface area contributed by atoms with E-state index in [4.69, 9.17) is 15.5 Å². The molecule has 4 N–H and O–H groups in total. The number of esters is 1. The SMILES string of the molecule is CCC(=O)O[C@]1(C(O)S)CCC2C34CCC5=CC(=Nc6ccc(F)nc6)C(=CN)C[C@]5(C)C3(C4)[C@@H](O)C[C@@]21C. The molecule has 0 aromatic carbocycles. The molecule has 0 saturated heterocycles. The predicted octanol–water partition coefficient (Wildman–Crippen LogP) is 4.76. The van der Waals surface area contributed by atoms with Gasteiger partial charge in [0.15, 0.2) is 5.60 Å². The van der Waals surface area contributed by atoms with Crippen molar-refractivity contribution in [2.45, 2.75) is 89.3 Å². The number of carbonyl (C=O) groups is 1. The Hall–Kier alpha value is -2.23. The number of hydrogen-bond acceptors (Lipinski definition) is 8. The number of fused-ring (bicyclic) bond motifs is 2. The zero-order valence-electron chi connectivity index (χ0n) is 22.8. The largest absolute Gasteiger partial charge is 0.455 e. The van der Waals surface area contributed by atoms with Crippen molar-refractivity contribution >= 4 is 30.0 Å². The summed E-state index contributed by atoms with van der Waals surface area (Å²) in [7, 11) is 0. The minimum Gasteiger partial charge on any atom is -0.455 e. The number of nitrogens with two attached hydrogens (primary N) is 1. The molecule has 4 unspecified atom stereocenters. The lowest BCUT2D eigenvalue weighted by molar-refractivity contribution is -0.211. The van der Waals surface area contributed by atoms with Crippen LogP contribution >= 0.6 is 12.6 Å². The van der Waals surface area contributed by atoms with Gasteiger partial charge >= 0.3 is 5.97 Å². The molecule has 5 aliphatic carbocycles. The fourth-order valence-electron chi connectivity index (χ4n) is 9.86. The van der Waals surface area contributed by atoms with Crippen LogP contribution in [0.4, 0.5) is 10.1 Å². The van der Waals surface area contributed by atoms with E-state index < -0.39 is 28.5 Å². The number of aliphatic hydroxyl groups excluding tert-OH is 2. The first-order valence-electron chi connectivity index (χ1n) is 14.0. The lowest BCUT2D eigenvalue weighted by atomic mass is 9.45. The van der Waals surface area contributed by atoms with Crippen LogP contribution in [0.15, 0.2) is 46.7 Å². The average Bonchev–Trinajstić information content (AvgIpc) is 3.54. The number of ether oxygens (including phenoxy) is 1. The molecule has 6 rings (SSSR count). The lowest BCUT2D eigenvalue weighted by Gasteiger charge is -2.61. The van der Waals surface area contributed by atoms with Crippen molar-refractivity contribution in [2.24, 2.45) is 38.3 Å². The number of nitrogens with zero attached hydrogens (tertiary/aromatic N) is 2. The van der Waals surface area contributed by atoms with E-state index in [0.29, 0.717) is 24.9 Å². The molecule has 4 fully saturated rings. The average molecular weight is 556 g/mol. The Balaban J connectivity index is 1.41. The van der Waals surface area contributed by atoms with E-state index in [1.807, 2.05) is 0 Å². The molecular weight excluding hydrogens is 517 g/mol. The summed E-state index contributed by atoms with van der Waals surface area (Å²) in [5.41, 5.74) is 5.98. The first-order chi connectivity index (χ1) is 18.4. The van der Waals surface area contributed by atoms with Gasteiger partial charge in [-0.2, -0.15) is 4.39 Å². The van der Waals surface area contributed by atoms with Crippen LogP contribution in [0.25, 0.3) is 0 Å². The Labute approximate surface area is 234 Å². The summed E-state index contributed by atoms with van der Waals surface area (Å²) in [4.78, 5) is 21.0. The van der Waals surface area contributed by atoms with Crippen LogP contribution in [-0.2, 0) is 9.53 Å². The molecule has 8 atom stereocenters. The summed E-state index contributed by atoms with van der Waals surface area (Å²) in [5, 5.41) is 23.0. The van der Waals surface area contributed by atoms with Gasteiger partial charge in [0.05, 0.1) is 23.7 Å². The number of allylic oxidation sites excluding steroid dienone is 3. The zero-order chi connectivity index (χ0) is 28.0. The second-order valence-electron chi connectivity index (χ2n) is 12.8. The van der Waals surface area contributed by atoms with Crippen molar-refractivity contribution in [1.29, 1.82) is 0 Å². The van der Waals surface area contributed by atoms with Gasteiger partial charge in [0.1, 0.15) is 5.44 Å². The summed E-state index contributed by atoms with van der Waals surface area (Å²) >= 11 is 4.45. The third-order valence-electron chi connectivity index (χ3n) is 11.6. The Kier molecular flexibility index (Phi) is 5.97. The number of thiol groups is 1. The molecule has 1 heterocycles. The molecule has 0 radical (unpaired) electrons. The second kappa shape index (κ2) is 8.63. The highest BCUT2D eigenvalue weighted by Crippen LogP contribution is 2.90. The molecule has 0 aliphatic heterocycles. The van der Waals surface area contributed by atoms with Gasteiger partial charge in [0.2, 0.25) is 5.95 Å². The van der Waals surface area contributed by atoms with Crippen molar-refractivity contribution < 1.29 is 24.1 Å². The molecule has 39 heavy (non-hydrogen) atoms. The van der Waals surface area contributed by atoms with Crippen molar-refractivity contribution in [3.8, 4) is 0 Å². The molecule has 210 valence electrons. The molecule has 9 heteroatoms. The molecule has 1 aromatic rings. The topological polar surface area (TPSA) is 118 Å². The van der Waals surface area contributed by atoms with Gasteiger partial charge in [0.25, 0.3) is 0 Å². The number of aromatic nitrogens is 1. The van der Waals surface area contributed by atoms with Crippen molar-refractivity contribution in [2.75, 3.05) is 0 Å². The summed E-state index contributed by atoms with van der Waals surface area (Å²) in [6.07, 6.45) is 9.80. The van der Waals surface area contributed by atoms with Gasteiger partial charge in [-0.15, -0.1) is 12.6 Å². The fraction of sp³-hybridized carbons (Fsp3) is 0.633. The maximum Gasteiger partial charge on any atom is 0.306 e. The van der Waals surface area contributed by atoms with Gasteiger partial charge in [0, 0.05) is 22.7 Å². The highest BCUT2D eigenvalue weighted by Gasteiger charge is 2.87. The van der Waals surface area contributed by atoms with Crippen LogP contribution in [0.1, 0.15) is 72.1 Å². The number of aliphatic hydroxyl groups is 2. The van der Waals surface area contributed by atoms with Crippen LogP contribution in [0.2, 0.25) is 0 Å². The van der Waals surface area contributed by atoms with Gasteiger partial charge < -0.3 is 20.7 Å². The molecule has 4 saturated carbocycles. The molecule has 0 spiro atoms. The summed E-state index contributed by atoms with van der Waals surface area (Å²) in [6.45, 7) is 6.11. The predicted molar refractivity (Wildman–Crippen MR) is 149 cm³/mol. The van der Waals surface area contributed by atoms with E-state index in [-0.39, 0.29) is 34.6 Å². The second-order valence-corrected chi connectivity index (χ2v) is 13.3. The number of aliphatic imine (C=N–C) groups is 1. The van der Waals surface area contributed by atoms with Crippen molar-refractivity contribution in [1.82, 2.24) is 4.98 Å². The number of carbonyl (C=O) groups excluding carboxylic acids is 1. The van der Waals surface area contributed by atoms with Crippen molar-refractivity contribution in [3.05, 3.63) is 47.7 Å². The van der Waals surface area contributed by atoms with Crippen LogP contribution in [-0.4, -0.2) is 44.0 Å². The van der Waals surface area contributed by atoms with Gasteiger partial charge in [-0.25, -0.2) is 9.98 Å². The quantitative estimate of drug-likeness (QED) is 0.184. The van der Waals surface area contributed by atoms with Crippen LogP contribution in [0, 0.1) is 33.5 Å². The van der Waals surface area contributed by atoms with Crippen LogP contribution < -0.4 is 5.73 Å². The van der Waals surface area contributed by atoms with Crippen LogP contribution in [0.3, 0.4) is 0 Å². The third-order valence-corrected chi connectivity index (χ3v) is 12.1. The minimum atomic E-state index is -1.13. The normalized spacial score (nSPS) is 45.1. The molecule has 5 aliphatic rings. The van der Waals surface area contributed by atoms with Gasteiger partial charge in [-0.05, 0) is 86.3 Å². The highest BCUT2D eigenvalue weighted by molar-refractivity contribution is 7.80. The third kappa shape index (κ3) is 3.27. The van der Waals surface area contributed by atoms with E-state index >= 15 is 0 Å². The first kappa shape index (κ1) is 27.0. The van der Waals surface area contributed by atoms with E-state index in [0.717, 1.165) is 37.0 Å². The smallest absolute Gasteiger partial charge is 0.306 e. The van der Waals surface area contributed by atoms with E-state index in [2.05, 4.69) is 37.5 Å². The molecule has 1 aromatic heterocycles. The van der Waals surface area contributed by atoms with E-state index in [1.54, 1.807) is 19.2 Å². The highest BCUT2D eigenvalue weighted by atomic mass is 32.1. The lowest BCUT2D eigenvalue weighted by Crippen LogP contribution is -2.63. The number of halogens is 1. The van der Waals surface area contributed by atoms with Gasteiger partial charge in [-0.3, -0.25) is 4.79 Å². The zero-order valence-corrected chi connectivity index (χ0v) is 23.7. The molecule has 0 amide bonds. The Bertz CT molecular complexity index is 1310. The number of rotatable bonds is 4. The summed E-state index contributed by atoms with van der Waals surface area (Å²) < 4.78 is 19.4. The minimum absolute atomic E-state index is 0.121. The monoisotopic (exact) mass is 555 g/mol. The summed E-state index contributed by atoms with van der Waals surface area (Å²) in [6, 6.07) is 2.89.